The third-order valence-corrected chi connectivity index (χ3v) is 3.73. The van der Waals surface area contributed by atoms with Crippen LogP contribution in [0.5, 0.6) is 0 Å². The Labute approximate surface area is 119 Å². The van der Waals surface area contributed by atoms with Crippen molar-refractivity contribution in [2.75, 3.05) is 23.3 Å². The van der Waals surface area contributed by atoms with E-state index in [1.807, 2.05) is 6.07 Å². The molecule has 0 radical (unpaired) electrons. The van der Waals surface area contributed by atoms with Crippen molar-refractivity contribution in [3.8, 4) is 0 Å². The zero-order chi connectivity index (χ0) is 13.9. The molecule has 4 heteroatoms. The van der Waals surface area contributed by atoms with Gasteiger partial charge < -0.3 is 10.2 Å². The second-order valence-corrected chi connectivity index (χ2v) is 5.40. The van der Waals surface area contributed by atoms with E-state index in [2.05, 4.69) is 52.2 Å². The quantitative estimate of drug-likeness (QED) is 0.926. The topological polar surface area (TPSA) is 41.0 Å². The maximum atomic E-state index is 4.37. The van der Waals surface area contributed by atoms with Gasteiger partial charge in [0.1, 0.15) is 18.0 Å². The van der Waals surface area contributed by atoms with Crippen LogP contribution in [0.15, 0.2) is 30.6 Å². The van der Waals surface area contributed by atoms with Crippen LogP contribution in [0.2, 0.25) is 0 Å². The second-order valence-electron chi connectivity index (χ2n) is 5.40. The highest BCUT2D eigenvalue weighted by atomic mass is 15.2. The number of anilines is 3. The van der Waals surface area contributed by atoms with Crippen molar-refractivity contribution in [2.24, 2.45) is 0 Å². The summed E-state index contributed by atoms with van der Waals surface area (Å²) in [4.78, 5) is 11.0. The van der Waals surface area contributed by atoms with Gasteiger partial charge in [-0.1, -0.05) is 17.7 Å². The predicted octanol–water partition coefficient (Wildman–Crippen LogP) is 3.44. The van der Waals surface area contributed by atoms with Gasteiger partial charge in [0.15, 0.2) is 0 Å². The van der Waals surface area contributed by atoms with E-state index in [-0.39, 0.29) is 0 Å². The molecule has 3 rings (SSSR count). The molecule has 1 fully saturated rings. The van der Waals surface area contributed by atoms with E-state index < -0.39 is 0 Å². The number of rotatable bonds is 3. The summed E-state index contributed by atoms with van der Waals surface area (Å²) in [6.45, 7) is 6.41. The molecule has 1 N–H and O–H groups in total. The lowest BCUT2D eigenvalue weighted by molar-refractivity contribution is 0.928. The molecule has 0 aliphatic carbocycles. The van der Waals surface area contributed by atoms with Gasteiger partial charge in [-0.3, -0.25) is 0 Å². The first-order valence-corrected chi connectivity index (χ1v) is 7.14. The van der Waals surface area contributed by atoms with Crippen molar-refractivity contribution >= 4 is 17.3 Å². The molecule has 2 heterocycles. The maximum absolute atomic E-state index is 4.37. The Bertz CT molecular complexity index is 603. The number of nitrogens with one attached hydrogen (secondary N) is 1. The molecule has 1 aromatic carbocycles. The number of benzene rings is 1. The average Bonchev–Trinajstić information content (AvgIpc) is 2.96. The highest BCUT2D eigenvalue weighted by Gasteiger charge is 2.14. The summed E-state index contributed by atoms with van der Waals surface area (Å²) >= 11 is 0. The van der Waals surface area contributed by atoms with Crippen molar-refractivity contribution in [2.45, 2.75) is 26.7 Å². The largest absolute Gasteiger partial charge is 0.356 e. The van der Waals surface area contributed by atoms with Gasteiger partial charge in [-0.25, -0.2) is 9.97 Å². The predicted molar refractivity (Wildman–Crippen MR) is 82.7 cm³/mol. The fourth-order valence-electron chi connectivity index (χ4n) is 2.63. The Hall–Kier alpha value is -2.10. The van der Waals surface area contributed by atoms with Gasteiger partial charge in [-0.05, 0) is 38.3 Å². The smallest absolute Gasteiger partial charge is 0.135 e. The SMILES string of the molecule is Cc1ccc(Nc2cc(N3CCCC3)ncn2)c(C)c1. The number of nitrogens with zero attached hydrogens (tertiary/aromatic N) is 3. The summed E-state index contributed by atoms with van der Waals surface area (Å²) in [5.74, 6) is 1.87. The third kappa shape index (κ3) is 2.74. The van der Waals surface area contributed by atoms with Gasteiger partial charge in [0, 0.05) is 24.8 Å². The van der Waals surface area contributed by atoms with E-state index in [9.17, 15) is 0 Å². The number of aromatic nitrogens is 2. The lowest BCUT2D eigenvalue weighted by atomic mass is 10.1. The van der Waals surface area contributed by atoms with Crippen LogP contribution in [0.4, 0.5) is 17.3 Å². The van der Waals surface area contributed by atoms with E-state index >= 15 is 0 Å². The van der Waals surface area contributed by atoms with Crippen LogP contribution in [-0.2, 0) is 0 Å². The normalized spacial score (nSPS) is 14.6. The standard InChI is InChI=1S/C16H20N4/c1-12-5-6-14(13(2)9-12)19-15-10-16(18-11-17-15)20-7-3-4-8-20/h5-6,9-11H,3-4,7-8H2,1-2H3,(H,17,18,19). The van der Waals surface area contributed by atoms with E-state index in [1.165, 1.54) is 24.0 Å². The first kappa shape index (κ1) is 12.9. The Morgan fingerprint density at radius 3 is 2.60 bits per heavy atom. The summed E-state index contributed by atoms with van der Waals surface area (Å²) < 4.78 is 0. The van der Waals surface area contributed by atoms with Gasteiger partial charge in [0.05, 0.1) is 0 Å². The third-order valence-electron chi connectivity index (χ3n) is 3.73. The van der Waals surface area contributed by atoms with Crippen molar-refractivity contribution in [3.63, 3.8) is 0 Å². The van der Waals surface area contributed by atoms with Gasteiger partial charge in [-0.15, -0.1) is 0 Å². The molecule has 0 spiro atoms. The zero-order valence-electron chi connectivity index (χ0n) is 12.1. The summed E-state index contributed by atoms with van der Waals surface area (Å²) in [6, 6.07) is 8.41. The molecule has 20 heavy (non-hydrogen) atoms. The zero-order valence-corrected chi connectivity index (χ0v) is 12.1. The average molecular weight is 268 g/mol. The Morgan fingerprint density at radius 2 is 1.85 bits per heavy atom. The molecule has 0 saturated carbocycles. The molecule has 0 unspecified atom stereocenters. The lowest BCUT2D eigenvalue weighted by Crippen LogP contribution is -2.19. The first-order valence-electron chi connectivity index (χ1n) is 7.14. The minimum atomic E-state index is 0.855. The second kappa shape index (κ2) is 5.49. The lowest BCUT2D eigenvalue weighted by Gasteiger charge is -2.17. The van der Waals surface area contributed by atoms with Gasteiger partial charge in [0.2, 0.25) is 0 Å². The summed E-state index contributed by atoms with van der Waals surface area (Å²) in [7, 11) is 0. The van der Waals surface area contributed by atoms with E-state index in [0.29, 0.717) is 0 Å². The van der Waals surface area contributed by atoms with Crippen molar-refractivity contribution in [1.82, 2.24) is 9.97 Å². The number of hydrogen-bond donors (Lipinski definition) is 1. The Balaban J connectivity index is 1.81. The molecule has 0 bridgehead atoms. The van der Waals surface area contributed by atoms with Gasteiger partial charge in [0.25, 0.3) is 0 Å². The van der Waals surface area contributed by atoms with E-state index in [1.54, 1.807) is 6.33 Å². The minimum absolute atomic E-state index is 0.855. The molecule has 1 aliphatic heterocycles. The molecule has 0 amide bonds. The van der Waals surface area contributed by atoms with Crippen LogP contribution in [0.1, 0.15) is 24.0 Å². The fraction of sp³-hybridized carbons (Fsp3) is 0.375. The highest BCUT2D eigenvalue weighted by Crippen LogP contribution is 2.23. The first-order chi connectivity index (χ1) is 9.72. The van der Waals surface area contributed by atoms with Crippen LogP contribution in [0, 0.1) is 13.8 Å². The molecule has 1 aliphatic rings. The maximum Gasteiger partial charge on any atom is 0.135 e. The molecule has 1 saturated heterocycles. The van der Waals surface area contributed by atoms with Crippen LogP contribution in [0.3, 0.4) is 0 Å². The summed E-state index contributed by atoms with van der Waals surface area (Å²) in [6.07, 6.45) is 4.15. The summed E-state index contributed by atoms with van der Waals surface area (Å²) in [5, 5.41) is 3.39. The van der Waals surface area contributed by atoms with Crippen LogP contribution in [-0.4, -0.2) is 23.1 Å². The van der Waals surface area contributed by atoms with Crippen LogP contribution in [0.25, 0.3) is 0 Å². The number of hydrogen-bond acceptors (Lipinski definition) is 4. The monoisotopic (exact) mass is 268 g/mol. The van der Waals surface area contributed by atoms with E-state index in [0.717, 1.165) is 30.4 Å². The van der Waals surface area contributed by atoms with Crippen molar-refractivity contribution < 1.29 is 0 Å². The van der Waals surface area contributed by atoms with Gasteiger partial charge >= 0.3 is 0 Å². The van der Waals surface area contributed by atoms with Crippen molar-refractivity contribution in [1.29, 1.82) is 0 Å². The van der Waals surface area contributed by atoms with Crippen LogP contribution < -0.4 is 10.2 Å². The molecule has 104 valence electrons. The molecular formula is C16H20N4. The van der Waals surface area contributed by atoms with Crippen LogP contribution >= 0.6 is 0 Å². The summed E-state index contributed by atoms with van der Waals surface area (Å²) in [5.41, 5.74) is 3.60. The van der Waals surface area contributed by atoms with E-state index in [4.69, 9.17) is 0 Å². The fourth-order valence-corrected chi connectivity index (χ4v) is 2.63. The molecule has 2 aromatic rings. The molecule has 0 atom stereocenters. The van der Waals surface area contributed by atoms with Gasteiger partial charge in [-0.2, -0.15) is 0 Å². The van der Waals surface area contributed by atoms with Crippen molar-refractivity contribution in [3.05, 3.63) is 41.7 Å². The molecule has 4 nitrogen and oxygen atoms in total. The highest BCUT2D eigenvalue weighted by molar-refractivity contribution is 5.63. The Morgan fingerprint density at radius 1 is 1.05 bits per heavy atom. The molecule has 1 aromatic heterocycles. The minimum Gasteiger partial charge on any atom is -0.356 e. The number of aryl methyl sites for hydroxylation is 2. The molecular weight excluding hydrogens is 248 g/mol. The Kier molecular flexibility index (Phi) is 3.54.